The lowest BCUT2D eigenvalue weighted by molar-refractivity contribution is 0.0694. The van der Waals surface area contributed by atoms with E-state index in [2.05, 4.69) is 49.8 Å². The average Bonchev–Trinajstić information content (AvgIpc) is 2.14. The number of carboxylic acids is 1. The zero-order chi connectivity index (χ0) is 14.1. The highest BCUT2D eigenvalue weighted by atomic mass is 79.9. The number of halogens is 1. The second-order valence-corrected chi connectivity index (χ2v) is 11.4. The summed E-state index contributed by atoms with van der Waals surface area (Å²) in [7, 11) is -2.03. The molecule has 0 spiro atoms. The van der Waals surface area contributed by atoms with Gasteiger partial charge >= 0.3 is 5.97 Å². The van der Waals surface area contributed by atoms with Gasteiger partial charge in [0.1, 0.15) is 11.3 Å². The number of rotatable bonds is 3. The summed E-state index contributed by atoms with van der Waals surface area (Å²) in [6.45, 7) is 10.6. The minimum absolute atomic E-state index is 0.0328. The summed E-state index contributed by atoms with van der Waals surface area (Å²) in [5.41, 5.74) is 0.211. The quantitative estimate of drug-likeness (QED) is 0.828. The van der Waals surface area contributed by atoms with Gasteiger partial charge in [0, 0.05) is 4.47 Å². The predicted molar refractivity (Wildman–Crippen MR) is 78.9 cm³/mol. The van der Waals surface area contributed by atoms with Crippen LogP contribution in [-0.2, 0) is 0 Å². The monoisotopic (exact) mass is 330 g/mol. The second-order valence-electron chi connectivity index (χ2n) is 5.81. The Bertz CT molecular complexity index is 464. The molecular weight excluding hydrogens is 312 g/mol. The summed E-state index contributed by atoms with van der Waals surface area (Å²) < 4.78 is 6.89. The van der Waals surface area contributed by atoms with Gasteiger partial charge in [0.25, 0.3) is 8.32 Å². The summed E-state index contributed by atoms with van der Waals surface area (Å²) in [5, 5.41) is 9.21. The molecule has 1 aromatic carbocycles. The van der Waals surface area contributed by atoms with Crippen LogP contribution < -0.4 is 4.43 Å². The van der Waals surface area contributed by atoms with Crippen molar-refractivity contribution in [3.05, 3.63) is 28.2 Å². The fraction of sp³-hybridized carbons (Fsp3) is 0.462. The third-order valence-corrected chi connectivity index (χ3v) is 8.18. The third-order valence-electron chi connectivity index (χ3n) is 3.35. The lowest BCUT2D eigenvalue weighted by Crippen LogP contribution is -2.44. The van der Waals surface area contributed by atoms with Crippen LogP contribution in [0.4, 0.5) is 0 Å². The minimum atomic E-state index is -2.03. The van der Waals surface area contributed by atoms with Crippen molar-refractivity contribution in [3.63, 3.8) is 0 Å². The zero-order valence-electron chi connectivity index (χ0n) is 11.4. The fourth-order valence-corrected chi connectivity index (χ4v) is 2.55. The van der Waals surface area contributed by atoms with Gasteiger partial charge in [0.05, 0.1) is 0 Å². The predicted octanol–water partition coefficient (Wildman–Crippen LogP) is 4.53. The van der Waals surface area contributed by atoms with Gasteiger partial charge in [-0.2, -0.15) is 0 Å². The van der Waals surface area contributed by atoms with Crippen LogP contribution in [0.2, 0.25) is 18.1 Å². The van der Waals surface area contributed by atoms with E-state index < -0.39 is 14.3 Å². The van der Waals surface area contributed by atoms with Crippen LogP contribution in [0.3, 0.4) is 0 Å². The van der Waals surface area contributed by atoms with Gasteiger partial charge < -0.3 is 9.53 Å². The van der Waals surface area contributed by atoms with Crippen molar-refractivity contribution in [2.45, 2.75) is 38.9 Å². The number of aromatic carboxylic acids is 1. The highest BCUT2D eigenvalue weighted by Crippen LogP contribution is 2.38. The number of carboxylic acid groups (broad SMARTS) is 1. The number of hydrogen-bond acceptors (Lipinski definition) is 2. The van der Waals surface area contributed by atoms with Gasteiger partial charge in [-0.1, -0.05) is 36.7 Å². The standard InChI is InChI=1S/C13H19BrO3Si/c1-13(2,3)18(4,5)17-11-8-9(14)6-7-10(11)12(15)16/h6-8H,1-5H3,(H,15,16). The van der Waals surface area contributed by atoms with E-state index in [0.717, 1.165) is 4.47 Å². The molecule has 1 N–H and O–H groups in total. The molecular formula is C13H19BrO3Si. The molecule has 0 fully saturated rings. The Balaban J connectivity index is 3.18. The first kappa shape index (κ1) is 15.2. The summed E-state index contributed by atoms with van der Waals surface area (Å²) in [5.74, 6) is -0.514. The Morgan fingerprint density at radius 2 is 1.89 bits per heavy atom. The van der Waals surface area contributed by atoms with E-state index >= 15 is 0 Å². The van der Waals surface area contributed by atoms with Crippen molar-refractivity contribution in [2.75, 3.05) is 0 Å². The molecule has 100 valence electrons. The van der Waals surface area contributed by atoms with Crippen molar-refractivity contribution in [3.8, 4) is 5.75 Å². The van der Waals surface area contributed by atoms with Gasteiger partial charge in [0.2, 0.25) is 0 Å². The molecule has 0 saturated heterocycles. The van der Waals surface area contributed by atoms with E-state index in [4.69, 9.17) is 4.43 Å². The van der Waals surface area contributed by atoms with Crippen molar-refractivity contribution in [1.29, 1.82) is 0 Å². The smallest absolute Gasteiger partial charge is 0.339 e. The van der Waals surface area contributed by atoms with Gasteiger partial charge in [-0.15, -0.1) is 0 Å². The van der Waals surface area contributed by atoms with Crippen LogP contribution in [0.15, 0.2) is 22.7 Å². The largest absolute Gasteiger partial charge is 0.543 e. The molecule has 0 radical (unpaired) electrons. The maximum Gasteiger partial charge on any atom is 0.339 e. The van der Waals surface area contributed by atoms with Crippen LogP contribution in [-0.4, -0.2) is 19.4 Å². The molecule has 0 aromatic heterocycles. The Morgan fingerprint density at radius 3 is 2.33 bits per heavy atom. The maximum absolute atomic E-state index is 11.2. The van der Waals surface area contributed by atoms with E-state index in [-0.39, 0.29) is 10.6 Å². The van der Waals surface area contributed by atoms with Gasteiger partial charge in [0.15, 0.2) is 0 Å². The van der Waals surface area contributed by atoms with E-state index in [9.17, 15) is 9.90 Å². The molecule has 0 aliphatic heterocycles. The van der Waals surface area contributed by atoms with Crippen molar-refractivity contribution >= 4 is 30.2 Å². The van der Waals surface area contributed by atoms with Crippen LogP contribution in [0.1, 0.15) is 31.1 Å². The first-order valence-corrected chi connectivity index (χ1v) is 9.46. The molecule has 3 nitrogen and oxygen atoms in total. The van der Waals surface area contributed by atoms with Gasteiger partial charge in [-0.3, -0.25) is 0 Å². The van der Waals surface area contributed by atoms with E-state index in [1.165, 1.54) is 0 Å². The van der Waals surface area contributed by atoms with E-state index in [1.807, 2.05) is 0 Å². The molecule has 1 aromatic rings. The Kier molecular flexibility index (Phi) is 4.28. The van der Waals surface area contributed by atoms with Crippen LogP contribution in [0, 0.1) is 0 Å². The first-order valence-electron chi connectivity index (χ1n) is 5.76. The Hall–Kier alpha value is -0.813. The Morgan fingerprint density at radius 1 is 1.33 bits per heavy atom. The lowest BCUT2D eigenvalue weighted by atomic mass is 10.2. The number of carbonyl (C=O) groups is 1. The number of benzene rings is 1. The molecule has 0 aliphatic rings. The highest BCUT2D eigenvalue weighted by molar-refractivity contribution is 9.10. The normalized spacial score (nSPS) is 12.3. The second kappa shape index (κ2) is 5.05. The van der Waals surface area contributed by atoms with Gasteiger partial charge in [-0.25, -0.2) is 4.79 Å². The summed E-state index contributed by atoms with van der Waals surface area (Å²) in [6, 6.07) is 5.00. The van der Waals surface area contributed by atoms with Crippen LogP contribution >= 0.6 is 15.9 Å². The van der Waals surface area contributed by atoms with Crippen molar-refractivity contribution in [1.82, 2.24) is 0 Å². The lowest BCUT2D eigenvalue weighted by Gasteiger charge is -2.36. The molecule has 1 rings (SSSR count). The van der Waals surface area contributed by atoms with E-state index in [1.54, 1.807) is 18.2 Å². The minimum Gasteiger partial charge on any atom is -0.543 e. The molecule has 0 heterocycles. The highest BCUT2D eigenvalue weighted by Gasteiger charge is 2.39. The number of hydrogen-bond donors (Lipinski definition) is 1. The average molecular weight is 331 g/mol. The van der Waals surface area contributed by atoms with Gasteiger partial charge in [-0.05, 0) is 36.3 Å². The molecule has 0 atom stereocenters. The van der Waals surface area contributed by atoms with Crippen molar-refractivity contribution < 1.29 is 14.3 Å². The summed E-state index contributed by atoms with van der Waals surface area (Å²) in [6.07, 6.45) is 0. The van der Waals surface area contributed by atoms with Crippen LogP contribution in [0.5, 0.6) is 5.75 Å². The first-order chi connectivity index (χ1) is 8.04. The molecule has 0 unspecified atom stereocenters. The summed E-state index contributed by atoms with van der Waals surface area (Å²) >= 11 is 3.35. The SMILES string of the molecule is CC(C)(C)[Si](C)(C)Oc1cc(Br)ccc1C(=O)O. The molecule has 0 saturated carbocycles. The molecule has 18 heavy (non-hydrogen) atoms. The molecule has 0 aliphatic carbocycles. The summed E-state index contributed by atoms with van der Waals surface area (Å²) in [4.78, 5) is 11.2. The Labute approximate surface area is 117 Å². The maximum atomic E-state index is 11.2. The van der Waals surface area contributed by atoms with Crippen molar-refractivity contribution in [2.24, 2.45) is 0 Å². The zero-order valence-corrected chi connectivity index (χ0v) is 14.0. The molecule has 0 bridgehead atoms. The van der Waals surface area contributed by atoms with E-state index in [0.29, 0.717) is 5.75 Å². The fourth-order valence-electron chi connectivity index (χ4n) is 1.19. The molecule has 0 amide bonds. The topological polar surface area (TPSA) is 46.5 Å². The third kappa shape index (κ3) is 3.35. The molecule has 5 heteroatoms. The van der Waals surface area contributed by atoms with Crippen LogP contribution in [0.25, 0.3) is 0 Å².